The van der Waals surface area contributed by atoms with Crippen molar-refractivity contribution in [3.05, 3.63) is 36.0 Å². The van der Waals surface area contributed by atoms with Crippen molar-refractivity contribution >= 4 is 5.91 Å². The highest BCUT2D eigenvalue weighted by Crippen LogP contribution is 2.18. The third kappa shape index (κ3) is 4.63. The third-order valence-electron chi connectivity index (χ3n) is 4.39. The number of aromatic nitrogens is 2. The van der Waals surface area contributed by atoms with Crippen molar-refractivity contribution < 1.29 is 13.7 Å². The maximum absolute atomic E-state index is 13.0. The standard InChI is InChI=1S/C18H23FN4O2/c1-12(2)18(24)20-15-7-9-23(10-8-15)11-16-21-17(22-25-16)13-3-5-14(19)6-4-13/h3-6,12,15H,7-11H2,1-2H3,(H,20,24). The molecule has 0 aliphatic carbocycles. The van der Waals surface area contributed by atoms with E-state index in [1.54, 1.807) is 12.1 Å². The molecule has 2 heterocycles. The molecule has 1 N–H and O–H groups in total. The number of nitrogens with one attached hydrogen (secondary N) is 1. The summed E-state index contributed by atoms with van der Waals surface area (Å²) in [7, 11) is 0. The van der Waals surface area contributed by atoms with Gasteiger partial charge in [-0.15, -0.1) is 0 Å². The average molecular weight is 346 g/mol. The minimum Gasteiger partial charge on any atom is -0.353 e. The van der Waals surface area contributed by atoms with Gasteiger partial charge in [0.25, 0.3) is 0 Å². The van der Waals surface area contributed by atoms with E-state index in [2.05, 4.69) is 20.4 Å². The van der Waals surface area contributed by atoms with E-state index in [0.717, 1.165) is 31.5 Å². The third-order valence-corrected chi connectivity index (χ3v) is 4.39. The highest BCUT2D eigenvalue weighted by molar-refractivity contribution is 5.78. The molecule has 1 aromatic heterocycles. The molecule has 1 saturated heterocycles. The van der Waals surface area contributed by atoms with E-state index < -0.39 is 0 Å². The van der Waals surface area contributed by atoms with Crippen LogP contribution >= 0.6 is 0 Å². The first-order chi connectivity index (χ1) is 12.0. The van der Waals surface area contributed by atoms with Crippen LogP contribution in [-0.2, 0) is 11.3 Å². The molecular weight excluding hydrogens is 323 g/mol. The summed E-state index contributed by atoms with van der Waals surface area (Å²) in [5.41, 5.74) is 0.728. The Hall–Kier alpha value is -2.28. The Balaban J connectivity index is 1.51. The SMILES string of the molecule is CC(C)C(=O)NC1CCN(Cc2nc(-c3ccc(F)cc3)no2)CC1. The second-order valence-electron chi connectivity index (χ2n) is 6.73. The molecule has 0 saturated carbocycles. The van der Waals surface area contributed by atoms with E-state index in [9.17, 15) is 9.18 Å². The largest absolute Gasteiger partial charge is 0.353 e. The van der Waals surface area contributed by atoms with Crippen LogP contribution in [0.15, 0.2) is 28.8 Å². The molecular formula is C18H23FN4O2. The Labute approximate surface area is 146 Å². The van der Waals surface area contributed by atoms with Crippen molar-refractivity contribution in [2.75, 3.05) is 13.1 Å². The lowest BCUT2D eigenvalue weighted by atomic mass is 10.0. The molecule has 0 radical (unpaired) electrons. The minimum absolute atomic E-state index is 0.0151. The molecule has 1 aliphatic rings. The van der Waals surface area contributed by atoms with Gasteiger partial charge >= 0.3 is 0 Å². The predicted octanol–water partition coefficient (Wildman–Crippen LogP) is 2.61. The molecule has 0 bridgehead atoms. The molecule has 2 aromatic rings. The van der Waals surface area contributed by atoms with Crippen LogP contribution in [-0.4, -0.2) is 40.1 Å². The van der Waals surface area contributed by atoms with Crippen LogP contribution in [0.3, 0.4) is 0 Å². The Kier molecular flexibility index (Phi) is 5.43. The zero-order chi connectivity index (χ0) is 17.8. The van der Waals surface area contributed by atoms with Gasteiger partial charge in [-0.05, 0) is 37.1 Å². The monoisotopic (exact) mass is 346 g/mol. The van der Waals surface area contributed by atoms with E-state index >= 15 is 0 Å². The molecule has 0 unspecified atom stereocenters. The summed E-state index contributed by atoms with van der Waals surface area (Å²) < 4.78 is 18.3. The van der Waals surface area contributed by atoms with Crippen LogP contribution < -0.4 is 5.32 Å². The van der Waals surface area contributed by atoms with Crippen molar-refractivity contribution in [2.45, 2.75) is 39.3 Å². The summed E-state index contributed by atoms with van der Waals surface area (Å²) in [5, 5.41) is 7.05. The van der Waals surface area contributed by atoms with Gasteiger partial charge in [0, 0.05) is 30.6 Å². The molecule has 1 fully saturated rings. The molecule has 0 atom stereocenters. The lowest BCUT2D eigenvalue weighted by Crippen LogP contribution is -2.45. The number of carbonyl (C=O) groups is 1. The number of rotatable bonds is 5. The number of hydrogen-bond acceptors (Lipinski definition) is 5. The number of carbonyl (C=O) groups excluding carboxylic acids is 1. The van der Waals surface area contributed by atoms with Crippen LogP contribution in [0.1, 0.15) is 32.6 Å². The minimum atomic E-state index is -0.292. The van der Waals surface area contributed by atoms with E-state index in [1.165, 1.54) is 12.1 Å². The lowest BCUT2D eigenvalue weighted by molar-refractivity contribution is -0.125. The number of hydrogen-bond donors (Lipinski definition) is 1. The van der Waals surface area contributed by atoms with Crippen molar-refractivity contribution in [3.63, 3.8) is 0 Å². The van der Waals surface area contributed by atoms with Gasteiger partial charge in [-0.2, -0.15) is 4.98 Å². The van der Waals surface area contributed by atoms with Crippen molar-refractivity contribution in [3.8, 4) is 11.4 Å². The molecule has 3 rings (SSSR count). The fraction of sp³-hybridized carbons (Fsp3) is 0.500. The van der Waals surface area contributed by atoms with Crippen LogP contribution in [0.2, 0.25) is 0 Å². The summed E-state index contributed by atoms with van der Waals surface area (Å²) in [6.45, 7) is 6.13. The second-order valence-corrected chi connectivity index (χ2v) is 6.73. The van der Waals surface area contributed by atoms with Gasteiger partial charge in [-0.3, -0.25) is 9.69 Å². The first kappa shape index (κ1) is 17.5. The summed E-state index contributed by atoms with van der Waals surface area (Å²) >= 11 is 0. The molecule has 134 valence electrons. The molecule has 7 heteroatoms. The highest BCUT2D eigenvalue weighted by atomic mass is 19.1. The molecule has 0 spiro atoms. The number of likely N-dealkylation sites (tertiary alicyclic amines) is 1. The lowest BCUT2D eigenvalue weighted by Gasteiger charge is -2.31. The number of halogens is 1. The van der Waals surface area contributed by atoms with Crippen LogP contribution in [0.4, 0.5) is 4.39 Å². The first-order valence-electron chi connectivity index (χ1n) is 8.62. The van der Waals surface area contributed by atoms with Crippen LogP contribution in [0.25, 0.3) is 11.4 Å². The van der Waals surface area contributed by atoms with E-state index in [1.807, 2.05) is 13.8 Å². The van der Waals surface area contributed by atoms with Crippen molar-refractivity contribution in [2.24, 2.45) is 5.92 Å². The Morgan fingerprint density at radius 2 is 2.00 bits per heavy atom. The Bertz CT molecular complexity index is 706. The van der Waals surface area contributed by atoms with Gasteiger partial charge in [0.05, 0.1) is 6.54 Å². The number of amides is 1. The zero-order valence-corrected chi connectivity index (χ0v) is 14.5. The highest BCUT2D eigenvalue weighted by Gasteiger charge is 2.23. The summed E-state index contributed by atoms with van der Waals surface area (Å²) in [4.78, 5) is 18.4. The summed E-state index contributed by atoms with van der Waals surface area (Å²) in [5.74, 6) is 0.846. The van der Waals surface area contributed by atoms with Gasteiger partial charge in [-0.25, -0.2) is 4.39 Å². The fourth-order valence-electron chi connectivity index (χ4n) is 2.83. The van der Waals surface area contributed by atoms with Crippen LogP contribution in [0, 0.1) is 11.7 Å². The summed E-state index contributed by atoms with van der Waals surface area (Å²) in [6, 6.07) is 6.26. The predicted molar refractivity (Wildman–Crippen MR) is 91.0 cm³/mol. The average Bonchev–Trinajstić information content (AvgIpc) is 3.05. The molecule has 25 heavy (non-hydrogen) atoms. The zero-order valence-electron chi connectivity index (χ0n) is 14.5. The first-order valence-corrected chi connectivity index (χ1v) is 8.62. The maximum atomic E-state index is 13.0. The van der Waals surface area contributed by atoms with E-state index in [0.29, 0.717) is 18.3 Å². The topological polar surface area (TPSA) is 71.3 Å². The van der Waals surface area contributed by atoms with Crippen molar-refractivity contribution in [1.82, 2.24) is 20.4 Å². The Morgan fingerprint density at radius 3 is 2.64 bits per heavy atom. The van der Waals surface area contributed by atoms with Crippen LogP contribution in [0.5, 0.6) is 0 Å². The molecule has 1 aromatic carbocycles. The van der Waals surface area contributed by atoms with E-state index in [-0.39, 0.29) is 23.7 Å². The molecule has 6 nitrogen and oxygen atoms in total. The number of benzene rings is 1. The molecule has 1 aliphatic heterocycles. The second kappa shape index (κ2) is 7.74. The fourth-order valence-corrected chi connectivity index (χ4v) is 2.83. The van der Waals surface area contributed by atoms with E-state index in [4.69, 9.17) is 4.52 Å². The molecule has 1 amide bonds. The smallest absolute Gasteiger partial charge is 0.241 e. The maximum Gasteiger partial charge on any atom is 0.241 e. The van der Waals surface area contributed by atoms with Gasteiger partial charge < -0.3 is 9.84 Å². The number of piperidine rings is 1. The van der Waals surface area contributed by atoms with Crippen molar-refractivity contribution in [1.29, 1.82) is 0 Å². The normalized spacial score (nSPS) is 16.3. The number of nitrogens with zero attached hydrogens (tertiary/aromatic N) is 3. The van der Waals surface area contributed by atoms with Gasteiger partial charge in [0.15, 0.2) is 0 Å². The van der Waals surface area contributed by atoms with Gasteiger partial charge in [0.2, 0.25) is 17.6 Å². The summed E-state index contributed by atoms with van der Waals surface area (Å²) in [6.07, 6.45) is 1.83. The quantitative estimate of drug-likeness (QED) is 0.901. The van der Waals surface area contributed by atoms with Gasteiger partial charge in [0.1, 0.15) is 5.82 Å². The Morgan fingerprint density at radius 1 is 1.32 bits per heavy atom. The van der Waals surface area contributed by atoms with Gasteiger partial charge in [-0.1, -0.05) is 19.0 Å².